The average Bonchev–Trinajstić information content (AvgIpc) is 3.24. The number of hydrogen-bond acceptors (Lipinski definition) is 5. The third-order valence-electron chi connectivity index (χ3n) is 4.04. The summed E-state index contributed by atoms with van der Waals surface area (Å²) in [6, 6.07) is 9.00. The maximum Gasteiger partial charge on any atom is 0.106 e. The van der Waals surface area contributed by atoms with Crippen molar-refractivity contribution >= 4 is 22.7 Å². The Morgan fingerprint density at radius 3 is 2.81 bits per heavy atom. The van der Waals surface area contributed by atoms with Crippen LogP contribution in [0.2, 0.25) is 0 Å². The van der Waals surface area contributed by atoms with E-state index in [1.807, 2.05) is 22.7 Å². The van der Waals surface area contributed by atoms with Crippen molar-refractivity contribution in [2.45, 2.75) is 24.5 Å². The summed E-state index contributed by atoms with van der Waals surface area (Å²) < 4.78 is 11.2. The van der Waals surface area contributed by atoms with Gasteiger partial charge in [0.1, 0.15) is 5.60 Å². The van der Waals surface area contributed by atoms with E-state index in [1.165, 1.54) is 9.75 Å². The first-order valence-electron chi connectivity index (χ1n) is 7.23. The van der Waals surface area contributed by atoms with Gasteiger partial charge in [0.2, 0.25) is 0 Å². The van der Waals surface area contributed by atoms with Crippen molar-refractivity contribution in [2.75, 3.05) is 26.9 Å². The Kier molecular flexibility index (Phi) is 5.08. The SMILES string of the molecule is COC1(CNC(Cc2cccs2)c2cccs2)CCOC1. The van der Waals surface area contributed by atoms with Gasteiger partial charge in [-0.05, 0) is 22.9 Å². The predicted octanol–water partition coefficient (Wildman–Crippen LogP) is 3.49. The van der Waals surface area contributed by atoms with Crippen LogP contribution in [0.15, 0.2) is 35.0 Å². The molecule has 3 nitrogen and oxygen atoms in total. The van der Waals surface area contributed by atoms with Gasteiger partial charge in [0.05, 0.1) is 6.61 Å². The molecule has 0 aliphatic carbocycles. The van der Waals surface area contributed by atoms with Gasteiger partial charge in [-0.25, -0.2) is 0 Å². The first-order valence-corrected chi connectivity index (χ1v) is 8.99. The van der Waals surface area contributed by atoms with Crippen LogP contribution in [0.4, 0.5) is 0 Å². The molecule has 1 aliphatic heterocycles. The highest BCUT2D eigenvalue weighted by Crippen LogP contribution is 2.27. The molecule has 0 saturated carbocycles. The Bertz CT molecular complexity index is 518. The summed E-state index contributed by atoms with van der Waals surface area (Å²) in [6.07, 6.45) is 1.99. The normalized spacial score (nSPS) is 23.5. The molecule has 3 rings (SSSR count). The molecule has 1 aliphatic rings. The van der Waals surface area contributed by atoms with Crippen LogP contribution in [0.5, 0.6) is 0 Å². The van der Waals surface area contributed by atoms with Gasteiger partial charge in [0.25, 0.3) is 0 Å². The Hall–Kier alpha value is -0.720. The molecule has 21 heavy (non-hydrogen) atoms. The molecule has 2 unspecified atom stereocenters. The number of hydrogen-bond donors (Lipinski definition) is 1. The third kappa shape index (κ3) is 3.73. The van der Waals surface area contributed by atoms with Gasteiger partial charge in [0, 0.05) is 48.9 Å². The Balaban J connectivity index is 1.67. The molecule has 2 atom stereocenters. The predicted molar refractivity (Wildman–Crippen MR) is 88.3 cm³/mol. The van der Waals surface area contributed by atoms with Crippen LogP contribution >= 0.6 is 22.7 Å². The van der Waals surface area contributed by atoms with E-state index in [1.54, 1.807) is 7.11 Å². The highest BCUT2D eigenvalue weighted by atomic mass is 32.1. The zero-order valence-electron chi connectivity index (χ0n) is 12.2. The lowest BCUT2D eigenvalue weighted by Gasteiger charge is -2.28. The van der Waals surface area contributed by atoms with Crippen LogP contribution < -0.4 is 5.32 Å². The molecule has 0 amide bonds. The molecule has 0 bridgehead atoms. The van der Waals surface area contributed by atoms with Gasteiger partial charge in [0.15, 0.2) is 0 Å². The van der Waals surface area contributed by atoms with Crippen molar-refractivity contribution in [3.8, 4) is 0 Å². The standard InChI is InChI=1S/C16H21NO2S2/c1-18-16(6-7-19-12-16)11-17-14(15-5-3-9-21-15)10-13-4-2-8-20-13/h2-5,8-9,14,17H,6-7,10-12H2,1H3. The number of rotatable bonds is 7. The molecule has 5 heteroatoms. The molecule has 1 fully saturated rings. The Morgan fingerprint density at radius 2 is 2.19 bits per heavy atom. The zero-order chi connectivity index (χ0) is 14.5. The lowest BCUT2D eigenvalue weighted by molar-refractivity contribution is -0.0174. The van der Waals surface area contributed by atoms with Crippen LogP contribution in [0.1, 0.15) is 22.2 Å². The summed E-state index contributed by atoms with van der Waals surface area (Å²) in [5.74, 6) is 0. The van der Waals surface area contributed by atoms with E-state index in [0.29, 0.717) is 12.6 Å². The lowest BCUT2D eigenvalue weighted by Crippen LogP contribution is -2.44. The van der Waals surface area contributed by atoms with E-state index in [-0.39, 0.29) is 5.60 Å². The summed E-state index contributed by atoms with van der Waals surface area (Å²) in [6.45, 7) is 2.31. The molecule has 114 valence electrons. The van der Waals surface area contributed by atoms with Gasteiger partial charge in [-0.1, -0.05) is 12.1 Å². The summed E-state index contributed by atoms with van der Waals surface area (Å²) >= 11 is 3.63. The van der Waals surface area contributed by atoms with Crippen molar-refractivity contribution in [1.29, 1.82) is 0 Å². The Labute approximate surface area is 133 Å². The first kappa shape index (κ1) is 15.2. The fourth-order valence-corrected chi connectivity index (χ4v) is 4.22. The second kappa shape index (κ2) is 7.03. The van der Waals surface area contributed by atoms with Crippen LogP contribution in [-0.4, -0.2) is 32.5 Å². The van der Waals surface area contributed by atoms with E-state index < -0.39 is 0 Å². The summed E-state index contributed by atoms with van der Waals surface area (Å²) in [5, 5.41) is 7.99. The number of thiophene rings is 2. The molecule has 3 heterocycles. The topological polar surface area (TPSA) is 30.5 Å². The van der Waals surface area contributed by atoms with Crippen molar-refractivity contribution in [1.82, 2.24) is 5.32 Å². The average molecular weight is 323 g/mol. The highest BCUT2D eigenvalue weighted by Gasteiger charge is 2.35. The minimum Gasteiger partial charge on any atom is -0.378 e. The van der Waals surface area contributed by atoms with Crippen molar-refractivity contribution in [2.24, 2.45) is 0 Å². The molecule has 0 spiro atoms. The zero-order valence-corrected chi connectivity index (χ0v) is 13.8. The highest BCUT2D eigenvalue weighted by molar-refractivity contribution is 7.10. The van der Waals surface area contributed by atoms with Crippen molar-refractivity contribution in [3.63, 3.8) is 0 Å². The first-order chi connectivity index (χ1) is 10.3. The molecule has 1 N–H and O–H groups in total. The molecule has 2 aromatic rings. The summed E-state index contributed by atoms with van der Waals surface area (Å²) in [4.78, 5) is 2.80. The van der Waals surface area contributed by atoms with Crippen LogP contribution in [-0.2, 0) is 15.9 Å². The van der Waals surface area contributed by atoms with Gasteiger partial charge in [-0.2, -0.15) is 0 Å². The van der Waals surface area contributed by atoms with Gasteiger partial charge in [-0.3, -0.25) is 0 Å². The second-order valence-corrected chi connectivity index (χ2v) is 7.43. The molecular weight excluding hydrogens is 302 g/mol. The molecule has 0 aromatic carbocycles. The maximum absolute atomic E-state index is 5.72. The summed E-state index contributed by atoms with van der Waals surface area (Å²) in [5.41, 5.74) is -0.162. The quantitative estimate of drug-likeness (QED) is 0.846. The minimum absolute atomic E-state index is 0.162. The molecule has 2 aromatic heterocycles. The molecule has 1 saturated heterocycles. The van der Waals surface area contributed by atoms with E-state index in [4.69, 9.17) is 9.47 Å². The summed E-state index contributed by atoms with van der Waals surface area (Å²) in [7, 11) is 1.79. The number of nitrogens with one attached hydrogen (secondary N) is 1. The van der Waals surface area contributed by atoms with Gasteiger partial charge < -0.3 is 14.8 Å². The maximum atomic E-state index is 5.72. The van der Waals surface area contributed by atoms with E-state index in [2.05, 4.69) is 40.3 Å². The van der Waals surface area contributed by atoms with Crippen LogP contribution in [0.3, 0.4) is 0 Å². The smallest absolute Gasteiger partial charge is 0.106 e. The fourth-order valence-electron chi connectivity index (χ4n) is 2.66. The lowest BCUT2D eigenvalue weighted by atomic mass is 10.0. The van der Waals surface area contributed by atoms with Gasteiger partial charge in [-0.15, -0.1) is 22.7 Å². The molecule has 0 radical (unpaired) electrons. The van der Waals surface area contributed by atoms with Crippen LogP contribution in [0, 0.1) is 0 Å². The van der Waals surface area contributed by atoms with Crippen LogP contribution in [0.25, 0.3) is 0 Å². The van der Waals surface area contributed by atoms with Gasteiger partial charge >= 0.3 is 0 Å². The minimum atomic E-state index is -0.162. The number of methoxy groups -OCH3 is 1. The van der Waals surface area contributed by atoms with E-state index in [0.717, 1.165) is 26.0 Å². The fraction of sp³-hybridized carbons (Fsp3) is 0.500. The van der Waals surface area contributed by atoms with Crippen molar-refractivity contribution in [3.05, 3.63) is 44.8 Å². The third-order valence-corrected chi connectivity index (χ3v) is 5.93. The Morgan fingerprint density at radius 1 is 1.33 bits per heavy atom. The monoisotopic (exact) mass is 323 g/mol. The van der Waals surface area contributed by atoms with E-state index in [9.17, 15) is 0 Å². The van der Waals surface area contributed by atoms with Crippen molar-refractivity contribution < 1.29 is 9.47 Å². The largest absolute Gasteiger partial charge is 0.378 e. The number of ether oxygens (including phenoxy) is 2. The van der Waals surface area contributed by atoms with E-state index >= 15 is 0 Å². The second-order valence-electron chi connectivity index (χ2n) is 5.42. The molecular formula is C16H21NO2S2.